The summed E-state index contributed by atoms with van der Waals surface area (Å²) in [6.07, 6.45) is 0. The standard InChI is InChI=1S/C21H17ClN4OS2/c1-21(2)13-8-11(4-7-16(13)26(3)18(21)27)15-10-28-19(24-15)25-20-23-14-6-5-12(22)9-17(14)29-20/h4-10H,1-3H3,(H,23,24,25). The van der Waals surface area contributed by atoms with E-state index < -0.39 is 5.41 Å². The van der Waals surface area contributed by atoms with Crippen molar-refractivity contribution >= 4 is 66.3 Å². The number of likely N-dealkylation sites (N-methyl/N-ethyl adjacent to an activating group) is 1. The molecule has 0 bridgehead atoms. The van der Waals surface area contributed by atoms with Crippen LogP contribution < -0.4 is 10.2 Å². The number of hydrogen-bond donors (Lipinski definition) is 1. The number of hydrogen-bond acceptors (Lipinski definition) is 6. The van der Waals surface area contributed by atoms with E-state index in [1.807, 2.05) is 56.6 Å². The molecule has 5 nitrogen and oxygen atoms in total. The summed E-state index contributed by atoms with van der Waals surface area (Å²) in [4.78, 5) is 23.6. The van der Waals surface area contributed by atoms with E-state index in [1.54, 1.807) is 16.2 Å². The molecule has 0 saturated heterocycles. The second-order valence-electron chi connectivity index (χ2n) is 7.52. The molecule has 0 aliphatic carbocycles. The van der Waals surface area contributed by atoms with Crippen LogP contribution in [0.4, 0.5) is 16.0 Å². The number of fused-ring (bicyclic) bond motifs is 2. The van der Waals surface area contributed by atoms with Gasteiger partial charge in [0.2, 0.25) is 5.91 Å². The molecule has 2 aromatic carbocycles. The van der Waals surface area contributed by atoms with Gasteiger partial charge in [-0.25, -0.2) is 9.97 Å². The summed E-state index contributed by atoms with van der Waals surface area (Å²) in [5, 5.41) is 7.57. The van der Waals surface area contributed by atoms with Gasteiger partial charge in [0.15, 0.2) is 10.3 Å². The van der Waals surface area contributed by atoms with Gasteiger partial charge in [-0.15, -0.1) is 11.3 Å². The molecule has 0 unspecified atom stereocenters. The lowest BCUT2D eigenvalue weighted by molar-refractivity contribution is -0.121. The minimum atomic E-state index is -0.528. The van der Waals surface area contributed by atoms with Crippen LogP contribution in [-0.2, 0) is 10.2 Å². The molecule has 3 heterocycles. The van der Waals surface area contributed by atoms with Gasteiger partial charge >= 0.3 is 0 Å². The molecule has 0 atom stereocenters. The van der Waals surface area contributed by atoms with E-state index in [2.05, 4.69) is 16.4 Å². The van der Waals surface area contributed by atoms with Crippen molar-refractivity contribution in [1.82, 2.24) is 9.97 Å². The first-order valence-corrected chi connectivity index (χ1v) is 11.1. The average Bonchev–Trinajstić information content (AvgIpc) is 3.36. The maximum atomic E-state index is 12.5. The fourth-order valence-corrected chi connectivity index (χ4v) is 5.56. The second-order valence-corrected chi connectivity index (χ2v) is 9.84. The summed E-state index contributed by atoms with van der Waals surface area (Å²) in [5.41, 5.74) is 4.26. The third-order valence-corrected chi connectivity index (χ3v) is 7.16. The minimum absolute atomic E-state index is 0.112. The first-order valence-electron chi connectivity index (χ1n) is 9.04. The van der Waals surface area contributed by atoms with Gasteiger partial charge < -0.3 is 10.2 Å². The minimum Gasteiger partial charge on any atom is -0.314 e. The Kier molecular flexibility index (Phi) is 4.17. The van der Waals surface area contributed by atoms with Crippen LogP contribution in [0.3, 0.4) is 0 Å². The summed E-state index contributed by atoms with van der Waals surface area (Å²) in [6.45, 7) is 3.93. The Morgan fingerprint density at radius 3 is 2.76 bits per heavy atom. The van der Waals surface area contributed by atoms with E-state index in [0.717, 1.165) is 43.0 Å². The lowest BCUT2D eigenvalue weighted by atomic mass is 9.85. The van der Waals surface area contributed by atoms with Crippen LogP contribution >= 0.6 is 34.3 Å². The van der Waals surface area contributed by atoms with E-state index in [1.165, 1.54) is 11.3 Å². The maximum absolute atomic E-state index is 12.5. The molecule has 8 heteroatoms. The number of thiazole rings is 2. The van der Waals surface area contributed by atoms with Crippen LogP contribution in [0, 0.1) is 0 Å². The molecular formula is C21H17ClN4OS2. The number of nitrogens with zero attached hydrogens (tertiary/aromatic N) is 3. The highest BCUT2D eigenvalue weighted by Crippen LogP contribution is 2.43. The van der Waals surface area contributed by atoms with Crippen molar-refractivity contribution < 1.29 is 4.79 Å². The molecule has 0 saturated carbocycles. The zero-order chi connectivity index (χ0) is 20.3. The molecule has 1 aliphatic heterocycles. The maximum Gasteiger partial charge on any atom is 0.236 e. The van der Waals surface area contributed by atoms with Crippen molar-refractivity contribution in [2.24, 2.45) is 0 Å². The number of carbonyl (C=O) groups excluding carboxylic acids is 1. The summed E-state index contributed by atoms with van der Waals surface area (Å²) in [6, 6.07) is 11.8. The molecule has 1 aliphatic rings. The molecule has 0 radical (unpaired) electrons. The predicted molar refractivity (Wildman–Crippen MR) is 122 cm³/mol. The van der Waals surface area contributed by atoms with Gasteiger partial charge in [0, 0.05) is 28.7 Å². The van der Waals surface area contributed by atoms with E-state index in [-0.39, 0.29) is 5.91 Å². The fourth-order valence-electron chi connectivity index (χ4n) is 3.64. The fraction of sp³-hybridized carbons (Fsp3) is 0.190. The zero-order valence-corrected chi connectivity index (χ0v) is 18.4. The number of nitrogens with one attached hydrogen (secondary N) is 1. The number of aromatic nitrogens is 2. The van der Waals surface area contributed by atoms with Crippen molar-refractivity contribution in [2.75, 3.05) is 17.3 Å². The van der Waals surface area contributed by atoms with Gasteiger partial charge in [-0.05, 0) is 49.7 Å². The largest absolute Gasteiger partial charge is 0.314 e. The quantitative estimate of drug-likeness (QED) is 0.420. The number of carbonyl (C=O) groups is 1. The number of anilines is 3. The first kappa shape index (κ1) is 18.5. The van der Waals surface area contributed by atoms with Crippen molar-refractivity contribution in [1.29, 1.82) is 0 Å². The number of amides is 1. The molecule has 5 rings (SSSR count). The van der Waals surface area contributed by atoms with Crippen LogP contribution in [0.2, 0.25) is 5.02 Å². The van der Waals surface area contributed by atoms with Crippen LogP contribution in [0.1, 0.15) is 19.4 Å². The SMILES string of the molecule is CN1C(=O)C(C)(C)c2cc(-c3csc(Nc4nc5ccc(Cl)cc5s4)n3)ccc21. The van der Waals surface area contributed by atoms with Gasteiger partial charge in [-0.1, -0.05) is 29.0 Å². The van der Waals surface area contributed by atoms with Crippen molar-refractivity contribution in [2.45, 2.75) is 19.3 Å². The molecule has 0 spiro atoms. The third-order valence-electron chi connectivity index (χ3n) is 5.23. The lowest BCUT2D eigenvalue weighted by Crippen LogP contribution is -2.33. The van der Waals surface area contributed by atoms with Crippen LogP contribution in [0.5, 0.6) is 0 Å². The Morgan fingerprint density at radius 2 is 1.93 bits per heavy atom. The highest BCUT2D eigenvalue weighted by molar-refractivity contribution is 7.22. The Bertz CT molecular complexity index is 1280. The van der Waals surface area contributed by atoms with E-state index in [4.69, 9.17) is 16.6 Å². The van der Waals surface area contributed by atoms with Crippen LogP contribution in [-0.4, -0.2) is 22.9 Å². The molecule has 0 fully saturated rings. The van der Waals surface area contributed by atoms with Gasteiger partial charge in [-0.3, -0.25) is 4.79 Å². The highest BCUT2D eigenvalue weighted by atomic mass is 35.5. The Morgan fingerprint density at radius 1 is 1.10 bits per heavy atom. The summed E-state index contributed by atoms with van der Waals surface area (Å²) < 4.78 is 1.03. The third kappa shape index (κ3) is 3.01. The lowest BCUT2D eigenvalue weighted by Gasteiger charge is -2.16. The molecule has 1 amide bonds. The van der Waals surface area contributed by atoms with Gasteiger partial charge in [-0.2, -0.15) is 0 Å². The van der Waals surface area contributed by atoms with E-state index >= 15 is 0 Å². The second kappa shape index (κ2) is 6.52. The smallest absolute Gasteiger partial charge is 0.236 e. The predicted octanol–water partition coefficient (Wildman–Crippen LogP) is 6.07. The molecule has 2 aromatic heterocycles. The topological polar surface area (TPSA) is 58.1 Å². The molecular weight excluding hydrogens is 424 g/mol. The normalized spacial score (nSPS) is 15.2. The van der Waals surface area contributed by atoms with Crippen molar-refractivity contribution in [3.63, 3.8) is 0 Å². The highest BCUT2D eigenvalue weighted by Gasteiger charge is 2.42. The summed E-state index contributed by atoms with van der Waals surface area (Å²) in [5.74, 6) is 0.112. The number of rotatable bonds is 3. The molecule has 1 N–H and O–H groups in total. The molecule has 146 valence electrons. The number of halogens is 1. The molecule has 4 aromatic rings. The summed E-state index contributed by atoms with van der Waals surface area (Å²) in [7, 11) is 1.83. The van der Waals surface area contributed by atoms with E-state index in [9.17, 15) is 4.79 Å². The Balaban J connectivity index is 1.44. The van der Waals surface area contributed by atoms with Crippen LogP contribution in [0.25, 0.3) is 21.5 Å². The first-order chi connectivity index (χ1) is 13.8. The van der Waals surface area contributed by atoms with E-state index in [0.29, 0.717) is 5.02 Å². The average molecular weight is 441 g/mol. The zero-order valence-electron chi connectivity index (χ0n) is 16.0. The van der Waals surface area contributed by atoms with Gasteiger partial charge in [0.05, 0.1) is 21.3 Å². The van der Waals surface area contributed by atoms with Gasteiger partial charge in [0.25, 0.3) is 0 Å². The number of benzene rings is 2. The monoisotopic (exact) mass is 440 g/mol. The van der Waals surface area contributed by atoms with Crippen molar-refractivity contribution in [3.8, 4) is 11.3 Å². The molecule has 29 heavy (non-hydrogen) atoms. The Labute approximate surface area is 181 Å². The van der Waals surface area contributed by atoms with Crippen molar-refractivity contribution in [3.05, 3.63) is 52.4 Å². The summed E-state index contributed by atoms with van der Waals surface area (Å²) >= 11 is 9.13. The van der Waals surface area contributed by atoms with Crippen LogP contribution in [0.15, 0.2) is 41.8 Å². The Hall–Kier alpha value is -2.48. The van der Waals surface area contributed by atoms with Gasteiger partial charge in [0.1, 0.15) is 0 Å².